The lowest BCUT2D eigenvalue weighted by Gasteiger charge is -2.09. The van der Waals surface area contributed by atoms with Gasteiger partial charge in [0.1, 0.15) is 12.4 Å². The van der Waals surface area contributed by atoms with Crippen molar-refractivity contribution in [1.29, 1.82) is 0 Å². The van der Waals surface area contributed by atoms with Crippen LogP contribution in [-0.2, 0) is 17.8 Å². The maximum Gasteiger partial charge on any atom is 0.512 e. The van der Waals surface area contributed by atoms with Crippen molar-refractivity contribution < 1.29 is 24.2 Å². The molecule has 0 fully saturated rings. The molecule has 0 bridgehead atoms. The first-order valence-corrected chi connectivity index (χ1v) is 9.88. The van der Waals surface area contributed by atoms with Crippen LogP contribution in [-0.4, -0.2) is 28.2 Å². The Hall–Kier alpha value is -2.76. The number of unbranched alkanes of at least 4 members (excludes halogenated alkanes) is 5. The number of carbonyl (C=O) groups excluding carboxylic acids is 1. The third-order valence-electron chi connectivity index (χ3n) is 4.47. The molecule has 1 heterocycles. The van der Waals surface area contributed by atoms with Crippen LogP contribution >= 0.6 is 0 Å². The molecule has 28 heavy (non-hydrogen) atoms. The summed E-state index contributed by atoms with van der Waals surface area (Å²) < 4.78 is 11.6. The fraction of sp³-hybridized carbons (Fsp3) is 0.455. The second-order valence-corrected chi connectivity index (χ2v) is 6.83. The quantitative estimate of drug-likeness (QED) is 0.382. The van der Waals surface area contributed by atoms with Gasteiger partial charge in [-0.25, -0.2) is 4.79 Å². The van der Waals surface area contributed by atoms with E-state index in [1.807, 2.05) is 24.3 Å². The summed E-state index contributed by atoms with van der Waals surface area (Å²) in [5.74, 6) is 0.581. The normalized spacial score (nSPS) is 10.6. The summed E-state index contributed by atoms with van der Waals surface area (Å²) in [4.78, 5) is 22.7. The van der Waals surface area contributed by atoms with Gasteiger partial charge < -0.3 is 19.1 Å². The average molecular weight is 387 g/mol. The Morgan fingerprint density at radius 2 is 1.71 bits per heavy atom. The van der Waals surface area contributed by atoms with E-state index in [1.54, 1.807) is 12.3 Å². The Morgan fingerprint density at radius 1 is 1.00 bits per heavy atom. The molecule has 0 unspecified atom stereocenters. The third kappa shape index (κ3) is 7.86. The monoisotopic (exact) mass is 387 g/mol. The van der Waals surface area contributed by atoms with Crippen molar-refractivity contribution in [3.63, 3.8) is 0 Å². The maximum atomic E-state index is 12.1. The lowest BCUT2D eigenvalue weighted by Crippen LogP contribution is -2.18. The number of nitrogens with zero attached hydrogens (tertiary/aromatic N) is 1. The molecule has 1 N–H and O–H groups in total. The van der Waals surface area contributed by atoms with Crippen molar-refractivity contribution in [2.24, 2.45) is 0 Å². The van der Waals surface area contributed by atoms with E-state index in [2.05, 4.69) is 11.7 Å². The second kappa shape index (κ2) is 11.8. The van der Waals surface area contributed by atoms with E-state index < -0.39 is 6.16 Å². The molecule has 0 atom stereocenters. The maximum absolute atomic E-state index is 12.1. The van der Waals surface area contributed by atoms with Crippen LogP contribution in [0.1, 0.15) is 51.0 Å². The van der Waals surface area contributed by atoms with Crippen LogP contribution in [0.15, 0.2) is 42.6 Å². The van der Waals surface area contributed by atoms with Gasteiger partial charge in [0.25, 0.3) is 0 Å². The van der Waals surface area contributed by atoms with E-state index in [1.165, 1.54) is 54.7 Å². The zero-order valence-corrected chi connectivity index (χ0v) is 16.4. The van der Waals surface area contributed by atoms with E-state index in [0.29, 0.717) is 5.75 Å². The highest BCUT2D eigenvalue weighted by atomic mass is 16.7. The van der Waals surface area contributed by atoms with Crippen LogP contribution in [0.25, 0.3) is 0 Å². The van der Waals surface area contributed by atoms with Crippen molar-refractivity contribution in [2.75, 3.05) is 6.61 Å². The predicted molar refractivity (Wildman–Crippen MR) is 107 cm³/mol. The van der Waals surface area contributed by atoms with E-state index in [0.717, 1.165) is 6.42 Å². The van der Waals surface area contributed by atoms with Gasteiger partial charge in [0.2, 0.25) is 5.88 Å². The number of Topliss-reactive ketones (excluding diaryl/α,β-unsaturated/α-hetero) is 1. The molecular weight excluding hydrogens is 358 g/mol. The van der Waals surface area contributed by atoms with Gasteiger partial charge in [-0.05, 0) is 36.6 Å². The van der Waals surface area contributed by atoms with Gasteiger partial charge in [-0.1, -0.05) is 51.2 Å². The average Bonchev–Trinajstić information content (AvgIpc) is 3.09. The number of aryl methyl sites for hydroxylation is 1. The number of hydrogen-bond acceptors (Lipinski definition) is 4. The van der Waals surface area contributed by atoms with Gasteiger partial charge in [-0.2, -0.15) is 0 Å². The van der Waals surface area contributed by atoms with Gasteiger partial charge in [0, 0.05) is 12.3 Å². The first kappa shape index (κ1) is 21.5. The summed E-state index contributed by atoms with van der Waals surface area (Å²) >= 11 is 0. The number of rotatable bonds is 13. The van der Waals surface area contributed by atoms with E-state index in [-0.39, 0.29) is 24.8 Å². The van der Waals surface area contributed by atoms with Gasteiger partial charge >= 0.3 is 6.16 Å². The van der Waals surface area contributed by atoms with Gasteiger partial charge in [-0.15, -0.1) is 0 Å². The lowest BCUT2D eigenvalue weighted by molar-refractivity contribution is -0.121. The Morgan fingerprint density at radius 3 is 2.43 bits per heavy atom. The first-order chi connectivity index (χ1) is 13.6. The van der Waals surface area contributed by atoms with E-state index in [4.69, 9.17) is 9.84 Å². The molecule has 2 rings (SSSR count). The van der Waals surface area contributed by atoms with Crippen molar-refractivity contribution in [1.82, 2.24) is 4.57 Å². The molecule has 152 valence electrons. The smallest absolute Gasteiger partial charge is 0.486 e. The topological polar surface area (TPSA) is 77.8 Å². The molecule has 0 saturated carbocycles. The number of carbonyl (C=O) groups is 2. The second-order valence-electron chi connectivity index (χ2n) is 6.83. The van der Waals surface area contributed by atoms with Crippen molar-refractivity contribution in [3.05, 3.63) is 48.2 Å². The lowest BCUT2D eigenvalue weighted by atomic mass is 10.0. The minimum Gasteiger partial charge on any atom is -0.486 e. The summed E-state index contributed by atoms with van der Waals surface area (Å²) in [5, 5.41) is 8.68. The largest absolute Gasteiger partial charge is 0.512 e. The fourth-order valence-corrected chi connectivity index (χ4v) is 2.97. The highest BCUT2D eigenvalue weighted by molar-refractivity contribution is 5.80. The molecule has 6 nitrogen and oxygen atoms in total. The van der Waals surface area contributed by atoms with Gasteiger partial charge in [0.05, 0.1) is 6.54 Å². The van der Waals surface area contributed by atoms with E-state index >= 15 is 0 Å². The molecule has 6 heteroatoms. The van der Waals surface area contributed by atoms with Crippen LogP contribution in [0, 0.1) is 0 Å². The SMILES string of the molecule is CCCCCCCCc1ccc(OCC(=O)Cn2cccc2OC(=O)O)cc1. The molecule has 0 aliphatic rings. The molecule has 0 aliphatic heterocycles. The summed E-state index contributed by atoms with van der Waals surface area (Å²) in [6.45, 7) is 2.13. The number of aromatic nitrogens is 1. The summed E-state index contributed by atoms with van der Waals surface area (Å²) in [6, 6.07) is 11.0. The zero-order chi connectivity index (χ0) is 20.2. The van der Waals surface area contributed by atoms with Crippen molar-refractivity contribution >= 4 is 11.9 Å². The number of benzene rings is 1. The molecule has 1 aromatic carbocycles. The Bertz CT molecular complexity index is 736. The van der Waals surface area contributed by atoms with Crippen LogP contribution in [0.2, 0.25) is 0 Å². The first-order valence-electron chi connectivity index (χ1n) is 9.88. The molecule has 2 aromatic rings. The van der Waals surface area contributed by atoms with Crippen LogP contribution in [0.4, 0.5) is 4.79 Å². The highest BCUT2D eigenvalue weighted by Gasteiger charge is 2.11. The Labute approximate surface area is 166 Å². The van der Waals surface area contributed by atoms with Gasteiger partial charge in [-0.3, -0.25) is 4.79 Å². The minimum absolute atomic E-state index is 0.00821. The van der Waals surface area contributed by atoms with E-state index in [9.17, 15) is 9.59 Å². The zero-order valence-electron chi connectivity index (χ0n) is 16.4. The Balaban J connectivity index is 1.70. The minimum atomic E-state index is -1.41. The van der Waals surface area contributed by atoms with Crippen molar-refractivity contribution in [2.45, 2.75) is 58.4 Å². The highest BCUT2D eigenvalue weighted by Crippen LogP contribution is 2.16. The number of carboxylic acid groups (broad SMARTS) is 1. The fourth-order valence-electron chi connectivity index (χ4n) is 2.97. The molecule has 0 amide bonds. The molecule has 0 aliphatic carbocycles. The standard InChI is InChI=1S/C22H29NO5/c1-2-3-4-5-6-7-9-18-11-13-20(14-12-18)27-17-19(24)16-23-15-8-10-21(23)28-22(25)26/h8,10-15H,2-7,9,16-17H2,1H3,(H,25,26). The summed E-state index contributed by atoms with van der Waals surface area (Å²) in [7, 11) is 0. The third-order valence-corrected chi connectivity index (χ3v) is 4.47. The molecular formula is C22H29NO5. The van der Waals surface area contributed by atoms with Gasteiger partial charge in [0.15, 0.2) is 5.78 Å². The number of ketones is 1. The summed E-state index contributed by atoms with van der Waals surface area (Å²) in [6.07, 6.45) is 8.92. The van der Waals surface area contributed by atoms with Crippen LogP contribution in [0.5, 0.6) is 11.6 Å². The molecule has 0 saturated heterocycles. The molecule has 1 aromatic heterocycles. The predicted octanol–water partition coefficient (Wildman–Crippen LogP) is 5.10. The van der Waals surface area contributed by atoms with Crippen LogP contribution < -0.4 is 9.47 Å². The molecule has 0 spiro atoms. The molecule has 0 radical (unpaired) electrons. The number of hydrogen-bond donors (Lipinski definition) is 1. The Kier molecular flexibility index (Phi) is 9.11. The van der Waals surface area contributed by atoms with Crippen LogP contribution in [0.3, 0.4) is 0 Å². The number of ether oxygens (including phenoxy) is 2. The summed E-state index contributed by atoms with van der Waals surface area (Å²) in [5.41, 5.74) is 1.27. The van der Waals surface area contributed by atoms with Crippen molar-refractivity contribution in [3.8, 4) is 11.6 Å².